The highest BCUT2D eigenvalue weighted by molar-refractivity contribution is 5.52. The number of hydrogen-bond acceptors (Lipinski definition) is 3. The molecular weight excluding hydrogens is 185 g/mol. The number of benzene rings is 1. The van der Waals surface area contributed by atoms with Crippen molar-refractivity contribution in [3.8, 4) is 5.75 Å². The second-order valence-electron chi connectivity index (χ2n) is 3.04. The van der Waals surface area contributed by atoms with Crippen LogP contribution in [0.4, 0.5) is 10.1 Å². The summed E-state index contributed by atoms with van der Waals surface area (Å²) in [4.78, 5) is 0. The van der Waals surface area contributed by atoms with Gasteiger partial charge in [-0.25, -0.2) is 4.39 Å². The minimum absolute atomic E-state index is 0.0945. The first kappa shape index (κ1) is 10.8. The fourth-order valence-electron chi connectivity index (χ4n) is 1.12. The average Bonchev–Trinajstić information content (AvgIpc) is 2.12. The first-order valence-electron chi connectivity index (χ1n) is 4.34. The Morgan fingerprint density at radius 2 is 2.21 bits per heavy atom. The normalized spacial score (nSPS) is 12.5. The van der Waals surface area contributed by atoms with E-state index in [0.29, 0.717) is 12.3 Å². The van der Waals surface area contributed by atoms with E-state index in [1.54, 1.807) is 26.2 Å². The molecule has 78 valence electrons. The summed E-state index contributed by atoms with van der Waals surface area (Å²) in [6.45, 7) is 2.18. The van der Waals surface area contributed by atoms with Crippen LogP contribution in [-0.2, 0) is 4.74 Å². The molecule has 0 bridgehead atoms. The van der Waals surface area contributed by atoms with Crippen LogP contribution >= 0.6 is 0 Å². The summed E-state index contributed by atoms with van der Waals surface area (Å²) >= 11 is 0. The Bertz CT molecular complexity index is 284. The van der Waals surface area contributed by atoms with Crippen LogP contribution in [0.1, 0.15) is 6.92 Å². The van der Waals surface area contributed by atoms with Crippen molar-refractivity contribution in [2.24, 2.45) is 0 Å². The lowest BCUT2D eigenvalue weighted by Gasteiger charge is -2.15. The molecule has 0 spiro atoms. The smallest absolute Gasteiger partial charge is 0.178 e. The summed E-state index contributed by atoms with van der Waals surface area (Å²) in [7, 11) is 1.56. The second-order valence-corrected chi connectivity index (χ2v) is 3.04. The molecule has 0 aliphatic carbocycles. The molecule has 0 aliphatic heterocycles. The summed E-state index contributed by atoms with van der Waals surface area (Å²) in [5.74, 6) is -0.356. The predicted molar refractivity (Wildman–Crippen MR) is 52.8 cm³/mol. The fraction of sp³-hybridized carbons (Fsp3) is 0.400. The predicted octanol–water partition coefficient (Wildman–Crippen LogP) is 1.82. The third-order valence-corrected chi connectivity index (χ3v) is 1.72. The third kappa shape index (κ3) is 2.60. The van der Waals surface area contributed by atoms with Gasteiger partial charge >= 0.3 is 0 Å². The van der Waals surface area contributed by atoms with E-state index in [1.807, 2.05) is 0 Å². The van der Waals surface area contributed by atoms with Crippen molar-refractivity contribution in [3.63, 3.8) is 0 Å². The highest BCUT2D eigenvalue weighted by Gasteiger charge is 2.10. The van der Waals surface area contributed by atoms with Crippen LogP contribution < -0.4 is 10.5 Å². The minimum atomic E-state index is -0.451. The summed E-state index contributed by atoms with van der Waals surface area (Å²) in [5, 5.41) is 0. The van der Waals surface area contributed by atoms with Crippen LogP contribution in [0.2, 0.25) is 0 Å². The second kappa shape index (κ2) is 4.81. The fourth-order valence-corrected chi connectivity index (χ4v) is 1.12. The zero-order valence-electron chi connectivity index (χ0n) is 8.29. The lowest BCUT2D eigenvalue weighted by molar-refractivity contribution is 0.0898. The van der Waals surface area contributed by atoms with Gasteiger partial charge in [0.25, 0.3) is 0 Å². The number of nitrogens with two attached hydrogens (primary N) is 1. The van der Waals surface area contributed by atoms with Gasteiger partial charge in [-0.05, 0) is 19.1 Å². The van der Waals surface area contributed by atoms with Crippen LogP contribution in [0.25, 0.3) is 0 Å². The number of rotatable bonds is 4. The molecule has 3 nitrogen and oxygen atoms in total. The molecule has 0 saturated carbocycles. The Morgan fingerprint density at radius 1 is 1.50 bits per heavy atom. The van der Waals surface area contributed by atoms with E-state index >= 15 is 0 Å². The molecule has 1 atom stereocenters. The average molecular weight is 199 g/mol. The van der Waals surface area contributed by atoms with Gasteiger partial charge in [0, 0.05) is 7.11 Å². The summed E-state index contributed by atoms with van der Waals surface area (Å²) in [6.07, 6.45) is -0.223. The van der Waals surface area contributed by atoms with Crippen molar-refractivity contribution in [2.45, 2.75) is 13.0 Å². The molecule has 1 unspecified atom stereocenters. The summed E-state index contributed by atoms with van der Waals surface area (Å²) in [6, 6.07) is 4.45. The van der Waals surface area contributed by atoms with Crippen LogP contribution in [0.5, 0.6) is 5.75 Å². The van der Waals surface area contributed by atoms with Crippen molar-refractivity contribution < 1.29 is 13.9 Å². The Morgan fingerprint density at radius 3 is 2.79 bits per heavy atom. The van der Waals surface area contributed by atoms with Crippen LogP contribution in [-0.4, -0.2) is 19.8 Å². The Kier molecular flexibility index (Phi) is 3.71. The molecule has 1 aromatic rings. The van der Waals surface area contributed by atoms with Crippen molar-refractivity contribution in [3.05, 3.63) is 24.0 Å². The van der Waals surface area contributed by atoms with Gasteiger partial charge in [-0.3, -0.25) is 0 Å². The van der Waals surface area contributed by atoms with Crippen molar-refractivity contribution in [1.29, 1.82) is 0 Å². The van der Waals surface area contributed by atoms with Gasteiger partial charge in [-0.1, -0.05) is 6.07 Å². The quantitative estimate of drug-likeness (QED) is 0.752. The van der Waals surface area contributed by atoms with Crippen molar-refractivity contribution in [2.75, 3.05) is 19.5 Å². The van der Waals surface area contributed by atoms with Gasteiger partial charge in [-0.15, -0.1) is 0 Å². The largest absolute Gasteiger partial charge is 0.483 e. The molecule has 4 heteroatoms. The van der Waals surface area contributed by atoms with Gasteiger partial charge in [0.2, 0.25) is 0 Å². The molecular formula is C10H14FNO2. The molecule has 0 fully saturated rings. The van der Waals surface area contributed by atoms with Crippen LogP contribution in [0, 0.1) is 5.82 Å². The van der Waals surface area contributed by atoms with E-state index < -0.39 is 5.82 Å². The van der Waals surface area contributed by atoms with Crippen molar-refractivity contribution in [1.82, 2.24) is 0 Å². The maximum Gasteiger partial charge on any atom is 0.178 e. The summed E-state index contributed by atoms with van der Waals surface area (Å²) < 4.78 is 23.4. The Hall–Kier alpha value is -1.29. The maximum atomic E-state index is 13.2. The molecule has 2 N–H and O–H groups in total. The standard InChI is InChI=1S/C10H14FNO2/c1-7(6-13-2)14-10-8(11)4-3-5-9(10)12/h3-5,7H,6,12H2,1-2H3. The van der Waals surface area contributed by atoms with E-state index in [0.717, 1.165) is 0 Å². The lowest BCUT2D eigenvalue weighted by atomic mass is 10.3. The molecule has 0 saturated heterocycles. The van der Waals surface area contributed by atoms with Crippen LogP contribution in [0.3, 0.4) is 0 Å². The van der Waals surface area contributed by atoms with Gasteiger partial charge < -0.3 is 15.2 Å². The van der Waals surface area contributed by atoms with E-state index in [1.165, 1.54) is 6.07 Å². The third-order valence-electron chi connectivity index (χ3n) is 1.72. The molecule has 0 amide bonds. The number of para-hydroxylation sites is 1. The molecule has 14 heavy (non-hydrogen) atoms. The van der Waals surface area contributed by atoms with E-state index in [4.69, 9.17) is 15.2 Å². The number of nitrogen functional groups attached to an aromatic ring is 1. The Labute approximate surface area is 82.6 Å². The monoisotopic (exact) mass is 199 g/mol. The zero-order chi connectivity index (χ0) is 10.6. The molecule has 0 aromatic heterocycles. The van der Waals surface area contributed by atoms with E-state index in [-0.39, 0.29) is 11.9 Å². The highest BCUT2D eigenvalue weighted by atomic mass is 19.1. The molecule has 1 aromatic carbocycles. The van der Waals surface area contributed by atoms with E-state index in [2.05, 4.69) is 0 Å². The van der Waals surface area contributed by atoms with Gasteiger partial charge in [-0.2, -0.15) is 0 Å². The van der Waals surface area contributed by atoms with Crippen LogP contribution in [0.15, 0.2) is 18.2 Å². The number of halogens is 1. The van der Waals surface area contributed by atoms with Gasteiger partial charge in [0.15, 0.2) is 11.6 Å². The molecule has 0 heterocycles. The Balaban J connectivity index is 2.75. The lowest BCUT2D eigenvalue weighted by Crippen LogP contribution is -2.19. The topological polar surface area (TPSA) is 44.5 Å². The number of anilines is 1. The molecule has 1 rings (SSSR count). The zero-order valence-corrected chi connectivity index (χ0v) is 8.29. The number of methoxy groups -OCH3 is 1. The maximum absolute atomic E-state index is 13.2. The van der Waals surface area contributed by atoms with Crippen molar-refractivity contribution >= 4 is 5.69 Å². The highest BCUT2D eigenvalue weighted by Crippen LogP contribution is 2.25. The molecule has 0 aliphatic rings. The van der Waals surface area contributed by atoms with E-state index in [9.17, 15) is 4.39 Å². The summed E-state index contributed by atoms with van der Waals surface area (Å²) in [5.41, 5.74) is 5.86. The number of hydrogen-bond donors (Lipinski definition) is 1. The number of ether oxygens (including phenoxy) is 2. The molecule has 0 radical (unpaired) electrons. The van der Waals surface area contributed by atoms with Gasteiger partial charge in [0.05, 0.1) is 12.3 Å². The first-order valence-corrected chi connectivity index (χ1v) is 4.34. The van der Waals surface area contributed by atoms with Gasteiger partial charge in [0.1, 0.15) is 6.10 Å². The minimum Gasteiger partial charge on any atom is -0.483 e. The first-order chi connectivity index (χ1) is 6.65. The SMILES string of the molecule is COCC(C)Oc1c(N)cccc1F.